The highest BCUT2D eigenvalue weighted by Crippen LogP contribution is 2.19. The van der Waals surface area contributed by atoms with Crippen LogP contribution >= 0.6 is 0 Å². The Bertz CT molecular complexity index is 429. The summed E-state index contributed by atoms with van der Waals surface area (Å²) in [5.41, 5.74) is 1.98. The van der Waals surface area contributed by atoms with Gasteiger partial charge in [0.05, 0.1) is 20.1 Å². The minimum absolute atomic E-state index is 0.0128. The van der Waals surface area contributed by atoms with Gasteiger partial charge in [-0.3, -0.25) is 4.79 Å². The van der Waals surface area contributed by atoms with Gasteiger partial charge in [-0.25, -0.2) is 0 Å². The first-order chi connectivity index (χ1) is 8.99. The maximum Gasteiger partial charge on any atom is 0.227 e. The Morgan fingerprint density at radius 2 is 2.11 bits per heavy atom. The van der Waals surface area contributed by atoms with Gasteiger partial charge in [0.1, 0.15) is 5.75 Å². The molecule has 0 aliphatic rings. The smallest absolute Gasteiger partial charge is 0.227 e. The Morgan fingerprint density at radius 1 is 1.42 bits per heavy atom. The fourth-order valence-electron chi connectivity index (χ4n) is 2.03. The second-order valence-corrected chi connectivity index (χ2v) is 4.89. The second-order valence-electron chi connectivity index (χ2n) is 4.89. The van der Waals surface area contributed by atoms with Crippen molar-refractivity contribution < 1.29 is 14.6 Å². The lowest BCUT2D eigenvalue weighted by Crippen LogP contribution is -2.39. The highest BCUT2D eigenvalue weighted by Gasteiger charge is 2.17. The van der Waals surface area contributed by atoms with Crippen LogP contribution in [0.25, 0.3) is 0 Å². The number of hydrogen-bond donors (Lipinski definition) is 1. The molecule has 0 aliphatic carbocycles. The van der Waals surface area contributed by atoms with E-state index >= 15 is 0 Å². The minimum atomic E-state index is -0.0128. The maximum atomic E-state index is 12.2. The van der Waals surface area contributed by atoms with E-state index < -0.39 is 0 Å². The molecular formula is C15H23NO3. The topological polar surface area (TPSA) is 49.8 Å². The van der Waals surface area contributed by atoms with E-state index in [1.807, 2.05) is 39.0 Å². The number of amides is 1. The molecule has 1 amide bonds. The van der Waals surface area contributed by atoms with E-state index in [1.54, 1.807) is 12.0 Å². The molecule has 1 aromatic carbocycles. The summed E-state index contributed by atoms with van der Waals surface area (Å²) in [5.74, 6) is 0.818. The first-order valence-electron chi connectivity index (χ1n) is 6.53. The number of ether oxygens (including phenoxy) is 1. The molecule has 106 valence electrons. The average molecular weight is 265 g/mol. The van der Waals surface area contributed by atoms with Crippen molar-refractivity contribution in [1.82, 2.24) is 4.90 Å². The number of rotatable bonds is 6. The Morgan fingerprint density at radius 3 is 2.63 bits per heavy atom. The van der Waals surface area contributed by atoms with Crippen molar-refractivity contribution >= 4 is 5.91 Å². The molecule has 4 nitrogen and oxygen atoms in total. The molecule has 1 N–H and O–H groups in total. The molecule has 19 heavy (non-hydrogen) atoms. The van der Waals surface area contributed by atoms with Gasteiger partial charge >= 0.3 is 0 Å². The van der Waals surface area contributed by atoms with Crippen molar-refractivity contribution in [2.24, 2.45) is 0 Å². The number of hydrogen-bond acceptors (Lipinski definition) is 3. The van der Waals surface area contributed by atoms with Gasteiger partial charge in [-0.2, -0.15) is 0 Å². The van der Waals surface area contributed by atoms with Gasteiger partial charge < -0.3 is 14.7 Å². The van der Waals surface area contributed by atoms with Gasteiger partial charge in [0.25, 0.3) is 0 Å². The van der Waals surface area contributed by atoms with Crippen molar-refractivity contribution in [2.75, 3.05) is 20.3 Å². The third-order valence-corrected chi connectivity index (χ3v) is 3.11. The average Bonchev–Trinajstić information content (AvgIpc) is 2.37. The van der Waals surface area contributed by atoms with Crippen LogP contribution in [0.2, 0.25) is 0 Å². The van der Waals surface area contributed by atoms with E-state index in [-0.39, 0.29) is 18.6 Å². The zero-order chi connectivity index (χ0) is 14.4. The summed E-state index contributed by atoms with van der Waals surface area (Å²) in [4.78, 5) is 13.9. The van der Waals surface area contributed by atoms with E-state index in [0.717, 1.165) is 16.9 Å². The van der Waals surface area contributed by atoms with Crippen molar-refractivity contribution in [3.05, 3.63) is 29.3 Å². The molecule has 0 unspecified atom stereocenters. The number of aliphatic hydroxyl groups is 1. The van der Waals surface area contributed by atoms with Gasteiger partial charge in [-0.15, -0.1) is 0 Å². The summed E-state index contributed by atoms with van der Waals surface area (Å²) in [6.45, 7) is 6.23. The van der Waals surface area contributed by atoms with E-state index in [9.17, 15) is 4.79 Å². The SMILES string of the molecule is COc1cc(CC(=O)N(CCO)C(C)C)ccc1C. The van der Waals surface area contributed by atoms with Crippen LogP contribution in [0, 0.1) is 6.92 Å². The van der Waals surface area contributed by atoms with Crippen LogP contribution in [0.5, 0.6) is 5.75 Å². The van der Waals surface area contributed by atoms with Crippen molar-refractivity contribution in [1.29, 1.82) is 0 Å². The molecule has 0 saturated heterocycles. The highest BCUT2D eigenvalue weighted by molar-refractivity contribution is 5.79. The predicted octanol–water partition coefficient (Wildman–Crippen LogP) is 1.78. The standard InChI is InChI=1S/C15H23NO3/c1-11(2)16(7-8-17)15(18)10-13-6-5-12(3)14(9-13)19-4/h5-6,9,11,17H,7-8,10H2,1-4H3. The lowest BCUT2D eigenvalue weighted by atomic mass is 10.1. The first-order valence-corrected chi connectivity index (χ1v) is 6.53. The van der Waals surface area contributed by atoms with E-state index in [2.05, 4.69) is 0 Å². The molecule has 0 aromatic heterocycles. The molecule has 0 atom stereocenters. The molecule has 0 bridgehead atoms. The largest absolute Gasteiger partial charge is 0.496 e. The Kier molecular flexibility index (Phi) is 5.83. The van der Waals surface area contributed by atoms with Crippen molar-refractivity contribution in [3.8, 4) is 5.75 Å². The molecule has 0 spiro atoms. The Balaban J connectivity index is 2.80. The highest BCUT2D eigenvalue weighted by atomic mass is 16.5. The summed E-state index contributed by atoms with van der Waals surface area (Å²) < 4.78 is 5.26. The third-order valence-electron chi connectivity index (χ3n) is 3.11. The molecule has 0 heterocycles. The minimum Gasteiger partial charge on any atom is -0.496 e. The normalized spacial score (nSPS) is 10.6. The Hall–Kier alpha value is -1.55. The van der Waals surface area contributed by atoms with E-state index in [1.165, 1.54) is 0 Å². The van der Waals surface area contributed by atoms with Crippen LogP contribution in [0.3, 0.4) is 0 Å². The molecular weight excluding hydrogens is 242 g/mol. The van der Waals surface area contributed by atoms with Crippen LogP contribution in [0.4, 0.5) is 0 Å². The van der Waals surface area contributed by atoms with Gasteiger partial charge in [-0.1, -0.05) is 12.1 Å². The van der Waals surface area contributed by atoms with Gasteiger partial charge in [0, 0.05) is 12.6 Å². The number of benzene rings is 1. The maximum absolute atomic E-state index is 12.2. The summed E-state index contributed by atoms with van der Waals surface area (Å²) in [6, 6.07) is 5.87. The Labute approximate surface area is 115 Å². The fraction of sp³-hybridized carbons (Fsp3) is 0.533. The number of nitrogens with zero attached hydrogens (tertiary/aromatic N) is 1. The second kappa shape index (κ2) is 7.14. The summed E-state index contributed by atoms with van der Waals surface area (Å²) >= 11 is 0. The van der Waals surface area contributed by atoms with E-state index in [0.29, 0.717) is 13.0 Å². The van der Waals surface area contributed by atoms with Crippen LogP contribution in [-0.4, -0.2) is 42.2 Å². The molecule has 1 aromatic rings. The summed E-state index contributed by atoms with van der Waals surface area (Å²) in [5, 5.41) is 9.01. The summed E-state index contributed by atoms with van der Waals surface area (Å²) in [6.07, 6.45) is 0.328. The number of carbonyl (C=O) groups is 1. The monoisotopic (exact) mass is 265 g/mol. The lowest BCUT2D eigenvalue weighted by Gasteiger charge is -2.26. The number of methoxy groups -OCH3 is 1. The molecule has 0 saturated carbocycles. The number of aliphatic hydroxyl groups excluding tert-OH is 1. The van der Waals surface area contributed by atoms with Crippen LogP contribution < -0.4 is 4.74 Å². The molecule has 0 radical (unpaired) electrons. The van der Waals surface area contributed by atoms with Crippen LogP contribution in [0.1, 0.15) is 25.0 Å². The summed E-state index contributed by atoms with van der Waals surface area (Å²) in [7, 11) is 1.63. The number of carbonyl (C=O) groups excluding carboxylic acids is 1. The molecule has 4 heteroatoms. The van der Waals surface area contributed by atoms with Gasteiger partial charge in [0.15, 0.2) is 0 Å². The van der Waals surface area contributed by atoms with Crippen molar-refractivity contribution in [2.45, 2.75) is 33.2 Å². The molecule has 0 aliphatic heterocycles. The van der Waals surface area contributed by atoms with E-state index in [4.69, 9.17) is 9.84 Å². The third kappa shape index (κ3) is 4.24. The number of aryl methyl sites for hydroxylation is 1. The zero-order valence-electron chi connectivity index (χ0n) is 12.1. The first kappa shape index (κ1) is 15.5. The lowest BCUT2D eigenvalue weighted by molar-refractivity contribution is -0.132. The van der Waals surface area contributed by atoms with Crippen molar-refractivity contribution in [3.63, 3.8) is 0 Å². The molecule has 1 rings (SSSR count). The van der Waals surface area contributed by atoms with Gasteiger partial charge in [-0.05, 0) is 38.0 Å². The van der Waals surface area contributed by atoms with Gasteiger partial charge in [0.2, 0.25) is 5.91 Å². The zero-order valence-corrected chi connectivity index (χ0v) is 12.1. The quantitative estimate of drug-likeness (QED) is 0.853. The molecule has 0 fully saturated rings. The van der Waals surface area contributed by atoms with Crippen LogP contribution in [0.15, 0.2) is 18.2 Å². The van der Waals surface area contributed by atoms with Crippen LogP contribution in [-0.2, 0) is 11.2 Å². The fourth-order valence-corrected chi connectivity index (χ4v) is 2.03. The predicted molar refractivity (Wildman–Crippen MR) is 75.4 cm³/mol.